The Kier molecular flexibility index (Phi) is 5.71. The zero-order valence-corrected chi connectivity index (χ0v) is 13.2. The molecule has 23 heavy (non-hydrogen) atoms. The van der Waals surface area contributed by atoms with Crippen LogP contribution in [0.3, 0.4) is 0 Å². The van der Waals surface area contributed by atoms with Crippen LogP contribution in [-0.4, -0.2) is 18.9 Å². The third-order valence-corrected chi connectivity index (χ3v) is 3.53. The molecule has 0 aliphatic heterocycles. The summed E-state index contributed by atoms with van der Waals surface area (Å²) in [4.78, 5) is 23.5. The number of carbonyl (C=O) groups excluding carboxylic acids is 2. The van der Waals surface area contributed by atoms with Gasteiger partial charge in [-0.05, 0) is 37.1 Å². The van der Waals surface area contributed by atoms with Crippen molar-refractivity contribution >= 4 is 11.8 Å². The Morgan fingerprint density at radius 2 is 1.65 bits per heavy atom. The van der Waals surface area contributed by atoms with Crippen molar-refractivity contribution in [3.8, 4) is 11.8 Å². The number of ketones is 1. The molecule has 0 amide bonds. The number of Topliss-reactive ketones (excluding diaryl/α,β-unsaturated/α-hetero) is 1. The molecule has 2 aromatic rings. The summed E-state index contributed by atoms with van der Waals surface area (Å²) in [5, 5.41) is 0. The lowest BCUT2D eigenvalue weighted by atomic mass is 9.93. The van der Waals surface area contributed by atoms with Gasteiger partial charge in [-0.15, -0.1) is 0 Å². The molecule has 2 aromatic carbocycles. The standard InChI is InChI=1S/C20H18O3/c1-15(21)19(20(22)23-2)14-18-11-7-6-10-17(18)13-12-16-8-4-3-5-9-16/h3-11,19H,14H2,1-2H3. The highest BCUT2D eigenvalue weighted by Gasteiger charge is 2.25. The van der Waals surface area contributed by atoms with Crippen molar-refractivity contribution in [3.63, 3.8) is 0 Å². The summed E-state index contributed by atoms with van der Waals surface area (Å²) in [6, 6.07) is 17.2. The number of esters is 1. The summed E-state index contributed by atoms with van der Waals surface area (Å²) in [7, 11) is 1.29. The van der Waals surface area contributed by atoms with Crippen LogP contribution >= 0.6 is 0 Å². The Labute approximate surface area is 136 Å². The van der Waals surface area contributed by atoms with Crippen molar-refractivity contribution in [1.82, 2.24) is 0 Å². The van der Waals surface area contributed by atoms with E-state index in [0.29, 0.717) is 6.42 Å². The molecule has 2 rings (SSSR count). The highest BCUT2D eigenvalue weighted by atomic mass is 16.5. The van der Waals surface area contributed by atoms with E-state index in [2.05, 4.69) is 11.8 Å². The highest BCUT2D eigenvalue weighted by Crippen LogP contribution is 2.16. The molecule has 0 radical (unpaired) electrons. The SMILES string of the molecule is COC(=O)C(Cc1ccccc1C#Cc1ccccc1)C(C)=O. The van der Waals surface area contributed by atoms with Crippen LogP contribution in [0.1, 0.15) is 23.6 Å². The summed E-state index contributed by atoms with van der Waals surface area (Å²) in [6.45, 7) is 1.40. The van der Waals surface area contributed by atoms with E-state index in [9.17, 15) is 9.59 Å². The number of carbonyl (C=O) groups is 2. The summed E-state index contributed by atoms with van der Waals surface area (Å²) in [6.07, 6.45) is 0.293. The Morgan fingerprint density at radius 1 is 1.00 bits per heavy atom. The zero-order valence-electron chi connectivity index (χ0n) is 13.2. The van der Waals surface area contributed by atoms with E-state index in [1.807, 2.05) is 54.6 Å². The average Bonchev–Trinajstić information content (AvgIpc) is 2.58. The van der Waals surface area contributed by atoms with E-state index in [-0.39, 0.29) is 5.78 Å². The first-order chi connectivity index (χ1) is 11.1. The number of methoxy groups -OCH3 is 1. The van der Waals surface area contributed by atoms with E-state index < -0.39 is 11.9 Å². The van der Waals surface area contributed by atoms with Gasteiger partial charge in [0.05, 0.1) is 7.11 Å². The lowest BCUT2D eigenvalue weighted by Gasteiger charge is -2.12. The largest absolute Gasteiger partial charge is 0.468 e. The monoisotopic (exact) mass is 306 g/mol. The van der Waals surface area contributed by atoms with Crippen LogP contribution in [0.2, 0.25) is 0 Å². The first-order valence-corrected chi connectivity index (χ1v) is 7.35. The minimum Gasteiger partial charge on any atom is -0.468 e. The Morgan fingerprint density at radius 3 is 2.30 bits per heavy atom. The van der Waals surface area contributed by atoms with Crippen LogP contribution in [0.15, 0.2) is 54.6 Å². The van der Waals surface area contributed by atoms with Crippen molar-refractivity contribution < 1.29 is 14.3 Å². The van der Waals surface area contributed by atoms with Crippen LogP contribution < -0.4 is 0 Å². The molecule has 3 heteroatoms. The van der Waals surface area contributed by atoms with Gasteiger partial charge in [0, 0.05) is 11.1 Å². The van der Waals surface area contributed by atoms with Gasteiger partial charge >= 0.3 is 5.97 Å². The molecule has 0 spiro atoms. The second kappa shape index (κ2) is 7.95. The fourth-order valence-corrected chi connectivity index (χ4v) is 2.24. The smallest absolute Gasteiger partial charge is 0.316 e. The molecule has 0 fully saturated rings. The fourth-order valence-electron chi connectivity index (χ4n) is 2.24. The number of ether oxygens (including phenoxy) is 1. The summed E-state index contributed by atoms with van der Waals surface area (Å²) in [5.41, 5.74) is 2.59. The number of benzene rings is 2. The van der Waals surface area contributed by atoms with Crippen LogP contribution in [0, 0.1) is 17.8 Å². The molecule has 0 aromatic heterocycles. The van der Waals surface area contributed by atoms with Gasteiger partial charge < -0.3 is 4.74 Å². The quantitative estimate of drug-likeness (QED) is 0.495. The lowest BCUT2D eigenvalue weighted by Crippen LogP contribution is -2.25. The summed E-state index contributed by atoms with van der Waals surface area (Å²) in [5.74, 6) is 4.70. The minimum atomic E-state index is -0.792. The molecule has 0 heterocycles. The van der Waals surface area contributed by atoms with E-state index in [0.717, 1.165) is 16.7 Å². The maximum atomic E-state index is 11.8. The maximum absolute atomic E-state index is 11.8. The number of rotatable bonds is 4. The molecule has 1 unspecified atom stereocenters. The molecular weight excluding hydrogens is 288 g/mol. The van der Waals surface area contributed by atoms with Gasteiger partial charge in [0.1, 0.15) is 11.7 Å². The summed E-state index contributed by atoms with van der Waals surface area (Å²) >= 11 is 0. The lowest BCUT2D eigenvalue weighted by molar-refractivity contribution is -0.148. The molecule has 0 aliphatic carbocycles. The van der Waals surface area contributed by atoms with Gasteiger partial charge in [0.2, 0.25) is 0 Å². The Balaban J connectivity index is 2.29. The molecule has 1 atom stereocenters. The van der Waals surface area contributed by atoms with Gasteiger partial charge in [0.25, 0.3) is 0 Å². The molecule has 0 saturated heterocycles. The molecule has 0 aliphatic rings. The van der Waals surface area contributed by atoms with Crippen LogP contribution in [0.5, 0.6) is 0 Å². The first-order valence-electron chi connectivity index (χ1n) is 7.35. The molecular formula is C20H18O3. The van der Waals surface area contributed by atoms with E-state index in [1.165, 1.54) is 14.0 Å². The average molecular weight is 306 g/mol. The molecule has 3 nitrogen and oxygen atoms in total. The first kappa shape index (κ1) is 16.5. The predicted octanol–water partition coefficient (Wildman–Crippen LogP) is 3.01. The topological polar surface area (TPSA) is 43.4 Å². The van der Waals surface area contributed by atoms with Crippen molar-refractivity contribution in [2.75, 3.05) is 7.11 Å². The van der Waals surface area contributed by atoms with Crippen molar-refractivity contribution in [3.05, 3.63) is 71.3 Å². The normalized spacial score (nSPS) is 11.0. The second-order valence-electron chi connectivity index (χ2n) is 5.16. The zero-order chi connectivity index (χ0) is 16.7. The van der Waals surface area contributed by atoms with Gasteiger partial charge in [-0.1, -0.05) is 48.2 Å². The van der Waals surface area contributed by atoms with Crippen LogP contribution in [-0.2, 0) is 20.7 Å². The van der Waals surface area contributed by atoms with Gasteiger partial charge in [-0.2, -0.15) is 0 Å². The van der Waals surface area contributed by atoms with E-state index in [4.69, 9.17) is 4.74 Å². The fraction of sp³-hybridized carbons (Fsp3) is 0.200. The van der Waals surface area contributed by atoms with Crippen molar-refractivity contribution in [1.29, 1.82) is 0 Å². The third kappa shape index (κ3) is 4.55. The highest BCUT2D eigenvalue weighted by molar-refractivity contribution is 5.98. The summed E-state index contributed by atoms with van der Waals surface area (Å²) < 4.78 is 4.72. The van der Waals surface area contributed by atoms with Gasteiger partial charge in [-0.25, -0.2) is 0 Å². The minimum absolute atomic E-state index is 0.206. The van der Waals surface area contributed by atoms with Crippen molar-refractivity contribution in [2.45, 2.75) is 13.3 Å². The number of hydrogen-bond donors (Lipinski definition) is 0. The molecule has 0 saturated carbocycles. The van der Waals surface area contributed by atoms with Crippen LogP contribution in [0.25, 0.3) is 0 Å². The van der Waals surface area contributed by atoms with Crippen molar-refractivity contribution in [2.24, 2.45) is 5.92 Å². The Hall–Kier alpha value is -2.86. The second-order valence-corrected chi connectivity index (χ2v) is 5.16. The molecule has 116 valence electrons. The van der Waals surface area contributed by atoms with Gasteiger partial charge in [-0.3, -0.25) is 9.59 Å². The predicted molar refractivity (Wildman–Crippen MR) is 88.8 cm³/mol. The van der Waals surface area contributed by atoms with E-state index >= 15 is 0 Å². The molecule has 0 N–H and O–H groups in total. The molecule has 0 bridgehead atoms. The van der Waals surface area contributed by atoms with E-state index in [1.54, 1.807) is 0 Å². The van der Waals surface area contributed by atoms with Crippen LogP contribution in [0.4, 0.5) is 0 Å². The maximum Gasteiger partial charge on any atom is 0.316 e. The van der Waals surface area contributed by atoms with Gasteiger partial charge in [0.15, 0.2) is 0 Å². The number of hydrogen-bond acceptors (Lipinski definition) is 3. The third-order valence-electron chi connectivity index (χ3n) is 3.53. The Bertz CT molecular complexity index is 751.